The molecule has 0 fully saturated rings. The predicted molar refractivity (Wildman–Crippen MR) is 93.2 cm³/mol. The van der Waals surface area contributed by atoms with Crippen molar-refractivity contribution in [3.8, 4) is 17.6 Å². The molecule has 0 bridgehead atoms. The van der Waals surface area contributed by atoms with E-state index in [4.69, 9.17) is 9.84 Å². The molecule has 0 aromatic heterocycles. The van der Waals surface area contributed by atoms with Crippen LogP contribution in [0.2, 0.25) is 0 Å². The van der Waals surface area contributed by atoms with Crippen LogP contribution in [-0.2, 0) is 11.0 Å². The van der Waals surface area contributed by atoms with Gasteiger partial charge in [0.2, 0.25) is 0 Å². The van der Waals surface area contributed by atoms with Gasteiger partial charge >= 0.3 is 12.1 Å². The molecular formula is C19H15F3O3S. The summed E-state index contributed by atoms with van der Waals surface area (Å²) in [7, 11) is 0. The van der Waals surface area contributed by atoms with Crippen LogP contribution in [0.15, 0.2) is 53.4 Å². The highest BCUT2D eigenvalue weighted by molar-refractivity contribution is 7.99. The van der Waals surface area contributed by atoms with Crippen LogP contribution >= 0.6 is 11.8 Å². The highest BCUT2D eigenvalue weighted by Gasteiger charge is 2.32. The van der Waals surface area contributed by atoms with Crippen LogP contribution in [0.25, 0.3) is 0 Å². The van der Waals surface area contributed by atoms with Gasteiger partial charge in [0.25, 0.3) is 0 Å². The maximum Gasteiger partial charge on any atom is 0.417 e. The van der Waals surface area contributed by atoms with Crippen molar-refractivity contribution in [2.75, 3.05) is 5.75 Å². The number of rotatable bonds is 5. The fourth-order valence-corrected chi connectivity index (χ4v) is 2.60. The first-order chi connectivity index (χ1) is 12.3. The Bertz CT molecular complexity index is 820. The number of halogens is 3. The summed E-state index contributed by atoms with van der Waals surface area (Å²) < 4.78 is 43.9. The molecule has 1 N–H and O–H groups in total. The molecule has 0 saturated heterocycles. The summed E-state index contributed by atoms with van der Waals surface area (Å²) >= 11 is 1.36. The van der Waals surface area contributed by atoms with Gasteiger partial charge in [0.05, 0.1) is 11.3 Å². The van der Waals surface area contributed by atoms with E-state index in [0.717, 1.165) is 11.0 Å². The lowest BCUT2D eigenvalue weighted by atomic mass is 10.1. The van der Waals surface area contributed by atoms with Gasteiger partial charge in [-0.2, -0.15) is 13.2 Å². The second kappa shape index (κ2) is 8.68. The van der Waals surface area contributed by atoms with Crippen LogP contribution < -0.4 is 4.74 Å². The highest BCUT2D eigenvalue weighted by atomic mass is 32.2. The molecule has 2 aromatic carbocycles. The molecule has 0 amide bonds. The zero-order chi connectivity index (χ0) is 19.2. The van der Waals surface area contributed by atoms with Crippen LogP contribution in [0, 0.1) is 11.8 Å². The Kier molecular flexibility index (Phi) is 6.58. The van der Waals surface area contributed by atoms with Gasteiger partial charge in [0, 0.05) is 10.5 Å². The van der Waals surface area contributed by atoms with E-state index in [1.807, 2.05) is 0 Å². The Hall–Kier alpha value is -2.59. The van der Waals surface area contributed by atoms with Crippen LogP contribution in [0.1, 0.15) is 18.1 Å². The summed E-state index contributed by atoms with van der Waals surface area (Å²) in [6, 6.07) is 11.9. The van der Waals surface area contributed by atoms with Gasteiger partial charge < -0.3 is 9.84 Å². The first kappa shape index (κ1) is 19.7. The van der Waals surface area contributed by atoms with Crippen molar-refractivity contribution < 1.29 is 27.8 Å². The molecule has 136 valence electrons. The quantitative estimate of drug-likeness (QED) is 0.603. The Morgan fingerprint density at radius 3 is 2.46 bits per heavy atom. The monoisotopic (exact) mass is 380 g/mol. The van der Waals surface area contributed by atoms with Gasteiger partial charge in [-0.3, -0.25) is 0 Å². The zero-order valence-corrected chi connectivity index (χ0v) is 14.5. The molecule has 1 unspecified atom stereocenters. The number of carbonyl (C=O) groups is 1. The fourth-order valence-electron chi connectivity index (χ4n) is 1.96. The molecule has 0 radical (unpaired) electrons. The van der Waals surface area contributed by atoms with Crippen LogP contribution in [-0.4, -0.2) is 22.9 Å². The maximum absolute atomic E-state index is 12.9. The molecule has 7 heteroatoms. The third-order valence-corrected chi connectivity index (χ3v) is 4.15. The molecule has 2 aromatic rings. The summed E-state index contributed by atoms with van der Waals surface area (Å²) in [5.74, 6) is 4.97. The standard InChI is InChI=1S/C19H15F3O3S/c1-13(18(23)24)25-15-8-10-16(11-9-15)26-12-4-6-14-5-2-3-7-17(14)19(20,21)22/h2-3,5,7-11,13H,12H2,1H3,(H,23,24). The molecule has 1 atom stereocenters. The van der Waals surface area contributed by atoms with Gasteiger partial charge in [-0.1, -0.05) is 24.0 Å². The topological polar surface area (TPSA) is 46.5 Å². The van der Waals surface area contributed by atoms with Crippen molar-refractivity contribution in [3.63, 3.8) is 0 Å². The Labute approximate surface area is 153 Å². The van der Waals surface area contributed by atoms with Crippen LogP contribution in [0.5, 0.6) is 5.75 Å². The van der Waals surface area contributed by atoms with Crippen LogP contribution in [0.3, 0.4) is 0 Å². The van der Waals surface area contributed by atoms with Crippen molar-refractivity contribution in [3.05, 3.63) is 59.7 Å². The molecule has 0 aliphatic heterocycles. The maximum atomic E-state index is 12.9. The number of hydrogen-bond donors (Lipinski definition) is 1. The number of benzene rings is 2. The average molecular weight is 380 g/mol. The normalized spacial score (nSPS) is 12.0. The molecule has 3 nitrogen and oxygen atoms in total. The van der Waals surface area contributed by atoms with E-state index < -0.39 is 23.8 Å². The second-order valence-corrected chi connectivity index (χ2v) is 6.25. The Morgan fingerprint density at radius 1 is 1.19 bits per heavy atom. The van der Waals surface area contributed by atoms with Crippen LogP contribution in [0.4, 0.5) is 13.2 Å². The molecule has 0 saturated carbocycles. The van der Waals surface area contributed by atoms with Crippen molar-refractivity contribution >= 4 is 17.7 Å². The lowest BCUT2D eigenvalue weighted by Gasteiger charge is -2.10. The summed E-state index contributed by atoms with van der Waals surface area (Å²) in [4.78, 5) is 11.6. The number of carboxylic acids is 1. The summed E-state index contributed by atoms with van der Waals surface area (Å²) in [6.07, 6.45) is -5.38. The molecule has 0 heterocycles. The van der Waals surface area contributed by atoms with E-state index in [1.165, 1.54) is 36.9 Å². The van der Waals surface area contributed by atoms with Gasteiger partial charge in [-0.15, -0.1) is 11.8 Å². The van der Waals surface area contributed by atoms with Gasteiger partial charge in [0.15, 0.2) is 6.10 Å². The van der Waals surface area contributed by atoms with Gasteiger partial charge in [-0.05, 0) is 43.3 Å². The largest absolute Gasteiger partial charge is 0.479 e. The summed E-state index contributed by atoms with van der Waals surface area (Å²) in [5, 5.41) is 8.79. The lowest BCUT2D eigenvalue weighted by Crippen LogP contribution is -2.22. The Balaban J connectivity index is 1.96. The minimum absolute atomic E-state index is 0.0491. The molecule has 26 heavy (non-hydrogen) atoms. The summed E-state index contributed by atoms with van der Waals surface area (Å²) in [5.41, 5.74) is -0.793. The minimum atomic E-state index is -4.43. The number of ether oxygens (including phenoxy) is 1. The molecule has 2 rings (SSSR count). The van der Waals surface area contributed by atoms with Crippen molar-refractivity contribution in [1.82, 2.24) is 0 Å². The zero-order valence-electron chi connectivity index (χ0n) is 13.7. The highest BCUT2D eigenvalue weighted by Crippen LogP contribution is 2.31. The van der Waals surface area contributed by atoms with Crippen molar-refractivity contribution in [1.29, 1.82) is 0 Å². The number of aliphatic carboxylic acids is 1. The number of alkyl halides is 3. The van der Waals surface area contributed by atoms with E-state index in [-0.39, 0.29) is 5.56 Å². The van der Waals surface area contributed by atoms with E-state index >= 15 is 0 Å². The first-order valence-electron chi connectivity index (χ1n) is 7.55. The van der Waals surface area contributed by atoms with E-state index in [9.17, 15) is 18.0 Å². The number of hydrogen-bond acceptors (Lipinski definition) is 3. The third-order valence-electron chi connectivity index (χ3n) is 3.25. The smallest absolute Gasteiger partial charge is 0.417 e. The van der Waals surface area contributed by atoms with Gasteiger partial charge in [0.1, 0.15) is 5.75 Å². The van der Waals surface area contributed by atoms with E-state index in [2.05, 4.69) is 11.8 Å². The third kappa shape index (κ3) is 5.74. The Morgan fingerprint density at radius 2 is 1.85 bits per heavy atom. The first-order valence-corrected chi connectivity index (χ1v) is 8.53. The molecule has 0 aliphatic carbocycles. The van der Waals surface area contributed by atoms with E-state index in [0.29, 0.717) is 11.5 Å². The van der Waals surface area contributed by atoms with Crippen molar-refractivity contribution in [2.45, 2.75) is 24.1 Å². The average Bonchev–Trinajstić information content (AvgIpc) is 2.59. The SMILES string of the molecule is CC(Oc1ccc(SCC#Cc2ccccc2C(F)(F)F)cc1)C(=O)O. The molecular weight excluding hydrogens is 365 g/mol. The molecule has 0 spiro atoms. The predicted octanol–water partition coefficient (Wildman–Crippen LogP) is 4.70. The lowest BCUT2D eigenvalue weighted by molar-refractivity contribution is -0.144. The fraction of sp³-hybridized carbons (Fsp3) is 0.211. The van der Waals surface area contributed by atoms with Gasteiger partial charge in [-0.25, -0.2) is 4.79 Å². The van der Waals surface area contributed by atoms with Crippen molar-refractivity contribution in [2.24, 2.45) is 0 Å². The minimum Gasteiger partial charge on any atom is -0.479 e. The van der Waals surface area contributed by atoms with E-state index in [1.54, 1.807) is 24.3 Å². The summed E-state index contributed by atoms with van der Waals surface area (Å²) in [6.45, 7) is 1.43. The molecule has 0 aliphatic rings. The number of thioether (sulfide) groups is 1. The second-order valence-electron chi connectivity index (χ2n) is 5.20. The number of carboxylic acid groups (broad SMARTS) is 1.